The highest BCUT2D eigenvalue weighted by atomic mass is 16.3. The van der Waals surface area contributed by atoms with Crippen LogP contribution in [0.3, 0.4) is 0 Å². The fraction of sp³-hybridized carbons (Fsp3) is 0.818. The van der Waals surface area contributed by atoms with Crippen molar-refractivity contribution in [2.75, 3.05) is 0 Å². The van der Waals surface area contributed by atoms with Gasteiger partial charge in [-0.1, -0.05) is 26.0 Å². The molecule has 0 unspecified atom stereocenters. The van der Waals surface area contributed by atoms with E-state index in [9.17, 15) is 5.11 Å². The maximum Gasteiger partial charge on any atom is 0.0566 e. The molecule has 1 aliphatic carbocycles. The van der Waals surface area contributed by atoms with Crippen LogP contribution in [-0.4, -0.2) is 11.2 Å². The first-order valence-corrected chi connectivity index (χ1v) is 4.80. The molecule has 3 atom stereocenters. The van der Waals surface area contributed by atoms with E-state index in [4.69, 9.17) is 0 Å². The van der Waals surface area contributed by atoms with Crippen LogP contribution in [0.1, 0.15) is 40.0 Å². The number of hydrogen-bond donors (Lipinski definition) is 1. The van der Waals surface area contributed by atoms with Crippen molar-refractivity contribution in [3.05, 3.63) is 12.2 Å². The molecule has 0 bridgehead atoms. The van der Waals surface area contributed by atoms with Gasteiger partial charge in [-0.3, -0.25) is 0 Å². The van der Waals surface area contributed by atoms with Gasteiger partial charge in [-0.25, -0.2) is 0 Å². The lowest BCUT2D eigenvalue weighted by molar-refractivity contribution is 0.0368. The van der Waals surface area contributed by atoms with E-state index in [1.54, 1.807) is 0 Å². The van der Waals surface area contributed by atoms with Gasteiger partial charge in [0.25, 0.3) is 0 Å². The Morgan fingerprint density at radius 1 is 1.58 bits per heavy atom. The van der Waals surface area contributed by atoms with Crippen molar-refractivity contribution in [2.24, 2.45) is 11.3 Å². The summed E-state index contributed by atoms with van der Waals surface area (Å²) in [6.07, 6.45) is 3.03. The molecule has 1 fully saturated rings. The molecule has 0 aliphatic heterocycles. The topological polar surface area (TPSA) is 20.2 Å². The Morgan fingerprint density at radius 3 is 2.58 bits per heavy atom. The Labute approximate surface area is 75.5 Å². The standard InChI is InChI=1S/C11H20O/c1-8(2)11(4)6-5-10(12)9(3)7-11/h9-10,12H,1,5-7H2,2-4H3/t9-,10-,11-/m1/s1. The van der Waals surface area contributed by atoms with Crippen molar-refractivity contribution in [3.63, 3.8) is 0 Å². The molecular formula is C11H20O. The second-order valence-corrected chi connectivity index (χ2v) is 4.63. The Balaban J connectivity index is 2.66. The van der Waals surface area contributed by atoms with E-state index in [0.717, 1.165) is 19.3 Å². The molecule has 1 nitrogen and oxygen atoms in total. The van der Waals surface area contributed by atoms with Crippen LogP contribution in [0.15, 0.2) is 12.2 Å². The van der Waals surface area contributed by atoms with E-state index in [1.807, 2.05) is 0 Å². The minimum Gasteiger partial charge on any atom is -0.393 e. The maximum absolute atomic E-state index is 9.56. The van der Waals surface area contributed by atoms with Gasteiger partial charge in [0.2, 0.25) is 0 Å². The molecule has 0 aromatic heterocycles. The first-order valence-electron chi connectivity index (χ1n) is 4.80. The van der Waals surface area contributed by atoms with Crippen molar-refractivity contribution in [2.45, 2.75) is 46.1 Å². The first kappa shape index (κ1) is 9.79. The van der Waals surface area contributed by atoms with Crippen molar-refractivity contribution in [1.82, 2.24) is 0 Å². The summed E-state index contributed by atoms with van der Waals surface area (Å²) in [6.45, 7) is 10.5. The molecule has 0 radical (unpaired) electrons. The van der Waals surface area contributed by atoms with E-state index in [2.05, 4.69) is 27.4 Å². The number of aliphatic hydroxyl groups excluding tert-OH is 1. The molecule has 1 heteroatoms. The van der Waals surface area contributed by atoms with Crippen LogP contribution in [0.2, 0.25) is 0 Å². The van der Waals surface area contributed by atoms with Crippen LogP contribution >= 0.6 is 0 Å². The van der Waals surface area contributed by atoms with Gasteiger partial charge in [-0.15, -0.1) is 0 Å². The average molecular weight is 168 g/mol. The van der Waals surface area contributed by atoms with E-state index in [-0.39, 0.29) is 11.5 Å². The summed E-state index contributed by atoms with van der Waals surface area (Å²) in [5.74, 6) is 0.431. The fourth-order valence-electron chi connectivity index (χ4n) is 2.09. The van der Waals surface area contributed by atoms with Crippen molar-refractivity contribution in [1.29, 1.82) is 0 Å². The Bertz CT molecular complexity index is 185. The smallest absolute Gasteiger partial charge is 0.0566 e. The molecule has 0 spiro atoms. The van der Waals surface area contributed by atoms with Gasteiger partial charge in [-0.05, 0) is 37.5 Å². The Hall–Kier alpha value is -0.300. The fourth-order valence-corrected chi connectivity index (χ4v) is 2.09. The zero-order valence-corrected chi connectivity index (χ0v) is 8.43. The Morgan fingerprint density at radius 2 is 2.17 bits per heavy atom. The molecule has 1 N–H and O–H groups in total. The summed E-state index contributed by atoms with van der Waals surface area (Å²) < 4.78 is 0. The highest BCUT2D eigenvalue weighted by molar-refractivity contribution is 5.08. The van der Waals surface area contributed by atoms with E-state index >= 15 is 0 Å². The second kappa shape index (κ2) is 3.21. The predicted octanol–water partition coefficient (Wildman–Crippen LogP) is 2.75. The lowest BCUT2D eigenvalue weighted by atomic mass is 9.67. The van der Waals surface area contributed by atoms with E-state index < -0.39 is 0 Å². The van der Waals surface area contributed by atoms with Gasteiger partial charge in [0.1, 0.15) is 0 Å². The van der Waals surface area contributed by atoms with Gasteiger partial charge >= 0.3 is 0 Å². The molecule has 70 valence electrons. The molecule has 0 aromatic rings. The maximum atomic E-state index is 9.56. The van der Waals surface area contributed by atoms with Gasteiger partial charge in [0.15, 0.2) is 0 Å². The molecule has 12 heavy (non-hydrogen) atoms. The predicted molar refractivity (Wildman–Crippen MR) is 51.9 cm³/mol. The van der Waals surface area contributed by atoms with Crippen LogP contribution in [0, 0.1) is 11.3 Å². The van der Waals surface area contributed by atoms with Crippen LogP contribution in [0.25, 0.3) is 0 Å². The molecule has 0 saturated heterocycles. The van der Waals surface area contributed by atoms with Crippen LogP contribution in [0.5, 0.6) is 0 Å². The third-order valence-corrected chi connectivity index (χ3v) is 3.45. The zero-order chi connectivity index (χ0) is 9.35. The van der Waals surface area contributed by atoms with E-state index in [0.29, 0.717) is 5.92 Å². The Kier molecular flexibility index (Phi) is 2.62. The van der Waals surface area contributed by atoms with Gasteiger partial charge in [0.05, 0.1) is 6.10 Å². The molecular weight excluding hydrogens is 148 g/mol. The second-order valence-electron chi connectivity index (χ2n) is 4.63. The highest BCUT2D eigenvalue weighted by Gasteiger charge is 2.35. The first-order chi connectivity index (χ1) is 5.46. The van der Waals surface area contributed by atoms with Crippen molar-refractivity contribution >= 4 is 0 Å². The molecule has 1 aliphatic rings. The summed E-state index contributed by atoms with van der Waals surface area (Å²) in [4.78, 5) is 0. The van der Waals surface area contributed by atoms with Crippen LogP contribution in [-0.2, 0) is 0 Å². The normalized spacial score (nSPS) is 42.7. The van der Waals surface area contributed by atoms with Crippen LogP contribution in [0.4, 0.5) is 0 Å². The summed E-state index contributed by atoms with van der Waals surface area (Å²) in [7, 11) is 0. The summed E-state index contributed by atoms with van der Waals surface area (Å²) in [5, 5.41) is 9.56. The van der Waals surface area contributed by atoms with Crippen molar-refractivity contribution in [3.8, 4) is 0 Å². The lowest BCUT2D eigenvalue weighted by Gasteiger charge is -2.40. The monoisotopic (exact) mass is 168 g/mol. The third kappa shape index (κ3) is 1.71. The number of hydrogen-bond acceptors (Lipinski definition) is 1. The van der Waals surface area contributed by atoms with Crippen LogP contribution < -0.4 is 0 Å². The lowest BCUT2D eigenvalue weighted by Crippen LogP contribution is -2.33. The average Bonchev–Trinajstić information content (AvgIpc) is 1.97. The molecule has 0 heterocycles. The minimum absolute atomic E-state index is 0.0857. The largest absolute Gasteiger partial charge is 0.393 e. The summed E-state index contributed by atoms with van der Waals surface area (Å²) in [6, 6.07) is 0. The molecule has 1 saturated carbocycles. The summed E-state index contributed by atoms with van der Waals surface area (Å²) >= 11 is 0. The van der Waals surface area contributed by atoms with Crippen molar-refractivity contribution < 1.29 is 5.11 Å². The quantitative estimate of drug-likeness (QED) is 0.597. The van der Waals surface area contributed by atoms with Gasteiger partial charge in [0, 0.05) is 0 Å². The number of rotatable bonds is 1. The highest BCUT2D eigenvalue weighted by Crippen LogP contribution is 2.43. The third-order valence-electron chi connectivity index (χ3n) is 3.45. The molecule has 1 rings (SSSR count). The molecule has 0 aromatic carbocycles. The SMILES string of the molecule is C=C(C)[C@]1(C)CC[C@@H](O)[C@H](C)C1. The van der Waals surface area contributed by atoms with Gasteiger partial charge < -0.3 is 5.11 Å². The summed E-state index contributed by atoms with van der Waals surface area (Å²) in [5.41, 5.74) is 1.54. The minimum atomic E-state index is -0.0857. The number of allylic oxidation sites excluding steroid dienone is 1. The number of aliphatic hydroxyl groups is 1. The zero-order valence-electron chi connectivity index (χ0n) is 8.43. The van der Waals surface area contributed by atoms with Gasteiger partial charge in [-0.2, -0.15) is 0 Å². The van der Waals surface area contributed by atoms with E-state index in [1.165, 1.54) is 5.57 Å². The molecule has 0 amide bonds.